The fourth-order valence-electron chi connectivity index (χ4n) is 1.17. The molecule has 0 radical (unpaired) electrons. The van der Waals surface area contributed by atoms with E-state index in [1.54, 1.807) is 0 Å². The molecule has 0 unspecified atom stereocenters. The largest absolute Gasteiger partial charge is 0.382 e. The standard InChI is InChI=1S/C11H17N3/c1-13(2)9-11(14(3)4)10-7-5-6-8-12-10/h5-9H,1-4H3/b11-9-. The molecule has 1 heterocycles. The van der Waals surface area contributed by atoms with Crippen LogP contribution in [0.4, 0.5) is 0 Å². The Morgan fingerprint density at radius 1 is 1.21 bits per heavy atom. The molecule has 0 aliphatic carbocycles. The maximum Gasteiger partial charge on any atom is 0.0877 e. The van der Waals surface area contributed by atoms with Crippen molar-refractivity contribution in [3.63, 3.8) is 0 Å². The SMILES string of the molecule is CN(C)/C=C(/c1ccccn1)N(C)C. The van der Waals surface area contributed by atoms with Crippen molar-refractivity contribution < 1.29 is 0 Å². The summed E-state index contributed by atoms with van der Waals surface area (Å²) in [6, 6.07) is 5.93. The summed E-state index contributed by atoms with van der Waals surface area (Å²) in [6.07, 6.45) is 3.87. The van der Waals surface area contributed by atoms with Gasteiger partial charge in [0.05, 0.1) is 11.4 Å². The van der Waals surface area contributed by atoms with Crippen LogP contribution in [0.1, 0.15) is 5.69 Å². The third kappa shape index (κ3) is 2.76. The second-order valence-corrected chi connectivity index (χ2v) is 3.59. The van der Waals surface area contributed by atoms with Gasteiger partial charge in [-0.1, -0.05) is 6.07 Å². The van der Waals surface area contributed by atoms with Crippen molar-refractivity contribution in [2.45, 2.75) is 0 Å². The Morgan fingerprint density at radius 3 is 2.36 bits per heavy atom. The van der Waals surface area contributed by atoms with Gasteiger partial charge in [0.25, 0.3) is 0 Å². The molecule has 76 valence electrons. The molecule has 0 aliphatic rings. The van der Waals surface area contributed by atoms with Crippen LogP contribution < -0.4 is 0 Å². The second-order valence-electron chi connectivity index (χ2n) is 3.59. The Balaban J connectivity index is 3.01. The topological polar surface area (TPSA) is 19.4 Å². The molecule has 1 aromatic heterocycles. The predicted molar refractivity (Wildman–Crippen MR) is 59.6 cm³/mol. The number of aromatic nitrogens is 1. The first kappa shape index (κ1) is 10.6. The molecule has 1 aromatic rings. The average Bonchev–Trinajstić information content (AvgIpc) is 2.15. The molecule has 1 rings (SSSR count). The summed E-state index contributed by atoms with van der Waals surface area (Å²) in [4.78, 5) is 8.39. The summed E-state index contributed by atoms with van der Waals surface area (Å²) in [7, 11) is 8.05. The van der Waals surface area contributed by atoms with Crippen molar-refractivity contribution >= 4 is 5.70 Å². The molecule has 0 aliphatic heterocycles. The first-order valence-electron chi connectivity index (χ1n) is 4.58. The third-order valence-corrected chi connectivity index (χ3v) is 1.79. The van der Waals surface area contributed by atoms with Crippen molar-refractivity contribution in [1.29, 1.82) is 0 Å². The van der Waals surface area contributed by atoms with Crippen molar-refractivity contribution in [3.05, 3.63) is 36.3 Å². The van der Waals surface area contributed by atoms with E-state index in [0.29, 0.717) is 0 Å². The summed E-state index contributed by atoms with van der Waals surface area (Å²) in [5.74, 6) is 0. The van der Waals surface area contributed by atoms with Crippen LogP contribution in [0.3, 0.4) is 0 Å². The zero-order valence-electron chi connectivity index (χ0n) is 9.23. The highest BCUT2D eigenvalue weighted by Crippen LogP contribution is 2.13. The van der Waals surface area contributed by atoms with Crippen LogP contribution in [0.5, 0.6) is 0 Å². The fourth-order valence-corrected chi connectivity index (χ4v) is 1.17. The maximum absolute atomic E-state index is 4.32. The first-order chi connectivity index (χ1) is 6.61. The Kier molecular flexibility index (Phi) is 3.51. The van der Waals surface area contributed by atoms with Crippen molar-refractivity contribution in [2.24, 2.45) is 0 Å². The Bertz CT molecular complexity index is 302. The molecular formula is C11H17N3. The number of hydrogen-bond donors (Lipinski definition) is 0. The first-order valence-corrected chi connectivity index (χ1v) is 4.58. The van der Waals surface area contributed by atoms with Crippen molar-refractivity contribution in [3.8, 4) is 0 Å². The lowest BCUT2D eigenvalue weighted by Gasteiger charge is -2.18. The van der Waals surface area contributed by atoms with E-state index in [-0.39, 0.29) is 0 Å². The normalized spacial score (nSPS) is 11.3. The van der Waals surface area contributed by atoms with Gasteiger partial charge in [0, 0.05) is 40.6 Å². The highest BCUT2D eigenvalue weighted by molar-refractivity contribution is 5.59. The maximum atomic E-state index is 4.32. The van der Waals surface area contributed by atoms with E-state index in [1.807, 2.05) is 57.5 Å². The van der Waals surface area contributed by atoms with Gasteiger partial charge in [0.2, 0.25) is 0 Å². The zero-order valence-corrected chi connectivity index (χ0v) is 9.23. The Labute approximate surface area is 85.7 Å². The Morgan fingerprint density at radius 2 is 1.93 bits per heavy atom. The van der Waals surface area contributed by atoms with E-state index >= 15 is 0 Å². The third-order valence-electron chi connectivity index (χ3n) is 1.79. The van der Waals surface area contributed by atoms with Crippen molar-refractivity contribution in [1.82, 2.24) is 14.8 Å². The highest BCUT2D eigenvalue weighted by Gasteiger charge is 2.04. The smallest absolute Gasteiger partial charge is 0.0877 e. The lowest BCUT2D eigenvalue weighted by Crippen LogP contribution is -2.14. The molecule has 0 fully saturated rings. The van der Waals surface area contributed by atoms with E-state index in [0.717, 1.165) is 11.4 Å². The average molecular weight is 191 g/mol. The number of rotatable bonds is 3. The summed E-state index contributed by atoms with van der Waals surface area (Å²) < 4.78 is 0. The van der Waals surface area contributed by atoms with E-state index in [1.165, 1.54) is 0 Å². The van der Waals surface area contributed by atoms with Gasteiger partial charge < -0.3 is 9.80 Å². The van der Waals surface area contributed by atoms with Crippen LogP contribution in [0, 0.1) is 0 Å². The van der Waals surface area contributed by atoms with Gasteiger partial charge in [-0.2, -0.15) is 0 Å². The van der Waals surface area contributed by atoms with Crippen molar-refractivity contribution in [2.75, 3.05) is 28.2 Å². The minimum Gasteiger partial charge on any atom is -0.382 e. The lowest BCUT2D eigenvalue weighted by molar-refractivity contribution is 0.529. The van der Waals surface area contributed by atoms with Crippen LogP contribution in [0.25, 0.3) is 5.70 Å². The Hall–Kier alpha value is -1.51. The molecular weight excluding hydrogens is 174 g/mol. The molecule has 3 heteroatoms. The number of pyridine rings is 1. The van der Waals surface area contributed by atoms with Crippen LogP contribution in [-0.4, -0.2) is 43.0 Å². The highest BCUT2D eigenvalue weighted by atomic mass is 15.1. The van der Waals surface area contributed by atoms with E-state index < -0.39 is 0 Å². The summed E-state index contributed by atoms with van der Waals surface area (Å²) in [5, 5.41) is 0. The summed E-state index contributed by atoms with van der Waals surface area (Å²) >= 11 is 0. The molecule has 0 bridgehead atoms. The van der Waals surface area contributed by atoms with E-state index in [2.05, 4.69) is 16.1 Å². The molecule has 0 N–H and O–H groups in total. The van der Waals surface area contributed by atoms with Gasteiger partial charge in [-0.05, 0) is 12.1 Å². The quantitative estimate of drug-likeness (QED) is 0.722. The molecule has 0 saturated heterocycles. The van der Waals surface area contributed by atoms with Crippen LogP contribution in [0.15, 0.2) is 30.6 Å². The van der Waals surface area contributed by atoms with E-state index in [4.69, 9.17) is 0 Å². The molecule has 14 heavy (non-hydrogen) atoms. The molecule has 0 saturated carbocycles. The summed E-state index contributed by atoms with van der Waals surface area (Å²) in [6.45, 7) is 0. The van der Waals surface area contributed by atoms with E-state index in [9.17, 15) is 0 Å². The van der Waals surface area contributed by atoms with Gasteiger partial charge in [-0.25, -0.2) is 0 Å². The van der Waals surface area contributed by atoms with Gasteiger partial charge in [0.1, 0.15) is 0 Å². The van der Waals surface area contributed by atoms with Gasteiger partial charge in [-0.15, -0.1) is 0 Å². The number of nitrogens with zero attached hydrogens (tertiary/aromatic N) is 3. The van der Waals surface area contributed by atoms with Gasteiger partial charge >= 0.3 is 0 Å². The lowest BCUT2D eigenvalue weighted by atomic mass is 10.2. The zero-order chi connectivity index (χ0) is 10.6. The van der Waals surface area contributed by atoms with Crippen LogP contribution in [0.2, 0.25) is 0 Å². The van der Waals surface area contributed by atoms with Gasteiger partial charge in [-0.3, -0.25) is 4.98 Å². The minimum atomic E-state index is 0.992. The monoisotopic (exact) mass is 191 g/mol. The molecule has 3 nitrogen and oxygen atoms in total. The summed E-state index contributed by atoms with van der Waals surface area (Å²) in [5.41, 5.74) is 2.10. The second kappa shape index (κ2) is 4.65. The fraction of sp³-hybridized carbons (Fsp3) is 0.364. The minimum absolute atomic E-state index is 0.992. The predicted octanol–water partition coefficient (Wildman–Crippen LogP) is 1.50. The molecule has 0 amide bonds. The number of hydrogen-bond acceptors (Lipinski definition) is 3. The van der Waals surface area contributed by atoms with Crippen LogP contribution >= 0.6 is 0 Å². The van der Waals surface area contributed by atoms with Crippen LogP contribution in [-0.2, 0) is 0 Å². The molecule has 0 aromatic carbocycles. The molecule has 0 spiro atoms. The van der Waals surface area contributed by atoms with Gasteiger partial charge in [0.15, 0.2) is 0 Å². The molecule has 0 atom stereocenters.